The van der Waals surface area contributed by atoms with Crippen molar-refractivity contribution in [2.75, 3.05) is 31.5 Å². The van der Waals surface area contributed by atoms with Crippen molar-refractivity contribution in [2.24, 2.45) is 0 Å². The second kappa shape index (κ2) is 9.15. The van der Waals surface area contributed by atoms with Gasteiger partial charge in [0.05, 0.1) is 18.4 Å². The lowest BCUT2D eigenvalue weighted by Gasteiger charge is -2.36. The molecule has 0 unspecified atom stereocenters. The zero-order chi connectivity index (χ0) is 20.1. The van der Waals surface area contributed by atoms with E-state index in [9.17, 15) is 4.39 Å². The second-order valence-corrected chi connectivity index (χ2v) is 7.58. The molecule has 1 fully saturated rings. The maximum absolute atomic E-state index is 13.9. The van der Waals surface area contributed by atoms with Gasteiger partial charge in [-0.2, -0.15) is 5.10 Å². The van der Waals surface area contributed by atoms with E-state index in [-0.39, 0.29) is 5.82 Å². The van der Waals surface area contributed by atoms with Crippen LogP contribution in [0.4, 0.5) is 10.1 Å². The molecule has 0 bridgehead atoms. The van der Waals surface area contributed by atoms with Gasteiger partial charge in [0.2, 0.25) is 0 Å². The first kappa shape index (κ1) is 19.5. The number of halogens is 1. The number of rotatable bonds is 5. The van der Waals surface area contributed by atoms with E-state index < -0.39 is 0 Å². The van der Waals surface area contributed by atoms with E-state index in [1.807, 2.05) is 41.2 Å². The van der Waals surface area contributed by atoms with Crippen LogP contribution in [0.3, 0.4) is 0 Å². The minimum atomic E-state index is -0.139. The summed E-state index contributed by atoms with van der Waals surface area (Å²) in [7, 11) is 0. The molecule has 4 rings (SSSR count). The average Bonchev–Trinajstić information content (AvgIpc) is 3.17. The van der Waals surface area contributed by atoms with E-state index in [0.717, 1.165) is 44.0 Å². The van der Waals surface area contributed by atoms with Crippen LogP contribution in [0, 0.1) is 5.82 Å². The summed E-state index contributed by atoms with van der Waals surface area (Å²) in [5.41, 5.74) is 2.84. The van der Waals surface area contributed by atoms with Crippen molar-refractivity contribution in [3.05, 3.63) is 83.9 Å². The minimum absolute atomic E-state index is 0.139. The van der Waals surface area contributed by atoms with E-state index in [1.165, 1.54) is 11.6 Å². The van der Waals surface area contributed by atoms with Crippen molar-refractivity contribution in [2.45, 2.75) is 13.1 Å². The monoisotopic (exact) mass is 409 g/mol. The Hall–Kier alpha value is -2.77. The summed E-state index contributed by atoms with van der Waals surface area (Å²) in [6.07, 6.45) is 3.76. The number of nitrogens with zero attached hydrogens (tertiary/aromatic N) is 4. The van der Waals surface area contributed by atoms with Crippen molar-refractivity contribution >= 4 is 23.0 Å². The lowest BCUT2D eigenvalue weighted by molar-refractivity contribution is 0.175. The highest BCUT2D eigenvalue weighted by Crippen LogP contribution is 2.14. The number of piperazine rings is 1. The van der Waals surface area contributed by atoms with Crippen LogP contribution < -0.4 is 5.32 Å². The first-order valence-corrected chi connectivity index (χ1v) is 10.2. The maximum atomic E-state index is 13.9. The maximum Gasteiger partial charge on any atom is 0.173 e. The Kier molecular flexibility index (Phi) is 6.17. The molecule has 7 heteroatoms. The third-order valence-corrected chi connectivity index (χ3v) is 5.44. The molecule has 29 heavy (non-hydrogen) atoms. The Morgan fingerprint density at radius 3 is 2.45 bits per heavy atom. The smallest absolute Gasteiger partial charge is 0.173 e. The van der Waals surface area contributed by atoms with Crippen LogP contribution in [0.1, 0.15) is 11.1 Å². The summed E-state index contributed by atoms with van der Waals surface area (Å²) in [5, 5.41) is 8.40. The van der Waals surface area contributed by atoms with Gasteiger partial charge in [0, 0.05) is 44.5 Å². The Balaban J connectivity index is 1.26. The highest BCUT2D eigenvalue weighted by atomic mass is 32.1. The van der Waals surface area contributed by atoms with Crippen molar-refractivity contribution in [1.82, 2.24) is 19.6 Å². The van der Waals surface area contributed by atoms with Gasteiger partial charge in [0.1, 0.15) is 5.82 Å². The fourth-order valence-electron chi connectivity index (χ4n) is 3.46. The predicted octanol–water partition coefficient (Wildman–Crippen LogP) is 3.59. The molecular weight excluding hydrogens is 385 g/mol. The summed E-state index contributed by atoms with van der Waals surface area (Å²) in [6, 6.07) is 17.2. The molecule has 0 saturated carbocycles. The fraction of sp³-hybridized carbons (Fsp3) is 0.273. The van der Waals surface area contributed by atoms with Gasteiger partial charge < -0.3 is 10.2 Å². The van der Waals surface area contributed by atoms with Crippen LogP contribution in [-0.4, -0.2) is 50.9 Å². The molecule has 0 radical (unpaired) electrons. The Bertz CT molecular complexity index is 951. The van der Waals surface area contributed by atoms with Gasteiger partial charge in [-0.05, 0) is 23.8 Å². The number of thiocarbonyl (C=S) groups is 1. The fourth-order valence-corrected chi connectivity index (χ4v) is 3.76. The van der Waals surface area contributed by atoms with E-state index in [1.54, 1.807) is 12.3 Å². The zero-order valence-corrected chi connectivity index (χ0v) is 17.0. The SMILES string of the molecule is Fc1ccccc1CN1CCN(C(=S)Nc2cnn(Cc3ccccc3)c2)CC1. The normalized spacial score (nSPS) is 14.7. The first-order valence-electron chi connectivity index (χ1n) is 9.75. The van der Waals surface area contributed by atoms with Crippen molar-refractivity contribution in [3.8, 4) is 0 Å². The standard InChI is InChI=1S/C22H24FN5S/c23-21-9-5-4-8-19(21)16-26-10-12-27(13-11-26)22(29)25-20-14-24-28(17-20)15-18-6-2-1-3-7-18/h1-9,14,17H,10-13,15-16H2,(H,25,29). The molecule has 2 aromatic carbocycles. The molecule has 1 aromatic heterocycles. The molecule has 1 saturated heterocycles. The quantitative estimate of drug-likeness (QED) is 0.652. The molecule has 1 aliphatic heterocycles. The van der Waals surface area contributed by atoms with E-state index in [2.05, 4.69) is 32.3 Å². The number of hydrogen-bond acceptors (Lipinski definition) is 3. The van der Waals surface area contributed by atoms with Crippen LogP contribution >= 0.6 is 12.2 Å². The summed E-state index contributed by atoms with van der Waals surface area (Å²) in [4.78, 5) is 4.41. The van der Waals surface area contributed by atoms with Gasteiger partial charge in [0.15, 0.2) is 5.11 Å². The van der Waals surface area contributed by atoms with Crippen molar-refractivity contribution < 1.29 is 4.39 Å². The van der Waals surface area contributed by atoms with Gasteiger partial charge in [-0.1, -0.05) is 48.5 Å². The Morgan fingerprint density at radius 1 is 0.966 bits per heavy atom. The second-order valence-electron chi connectivity index (χ2n) is 7.20. The molecule has 0 spiro atoms. The lowest BCUT2D eigenvalue weighted by atomic mass is 10.2. The van der Waals surface area contributed by atoms with Gasteiger partial charge in [-0.3, -0.25) is 9.58 Å². The molecule has 0 aliphatic carbocycles. The summed E-state index contributed by atoms with van der Waals surface area (Å²) < 4.78 is 15.8. The zero-order valence-electron chi connectivity index (χ0n) is 16.2. The third-order valence-electron chi connectivity index (χ3n) is 5.08. The highest BCUT2D eigenvalue weighted by Gasteiger charge is 2.20. The highest BCUT2D eigenvalue weighted by molar-refractivity contribution is 7.80. The number of hydrogen-bond donors (Lipinski definition) is 1. The molecule has 1 N–H and O–H groups in total. The summed E-state index contributed by atoms with van der Waals surface area (Å²) in [6.45, 7) is 4.70. The third kappa shape index (κ3) is 5.19. The largest absolute Gasteiger partial charge is 0.346 e. The van der Waals surface area contributed by atoms with Gasteiger partial charge in [-0.15, -0.1) is 0 Å². The number of benzene rings is 2. The molecule has 3 aromatic rings. The molecule has 0 atom stereocenters. The number of nitrogens with one attached hydrogen (secondary N) is 1. The molecular formula is C22H24FN5S. The van der Waals surface area contributed by atoms with Crippen LogP contribution in [0.25, 0.3) is 0 Å². The van der Waals surface area contributed by atoms with Gasteiger partial charge >= 0.3 is 0 Å². The van der Waals surface area contributed by atoms with Crippen molar-refractivity contribution in [3.63, 3.8) is 0 Å². The molecule has 0 amide bonds. The lowest BCUT2D eigenvalue weighted by Crippen LogP contribution is -2.49. The summed E-state index contributed by atoms with van der Waals surface area (Å²) in [5.74, 6) is -0.139. The van der Waals surface area contributed by atoms with Gasteiger partial charge in [0.25, 0.3) is 0 Å². The average molecular weight is 410 g/mol. The molecule has 2 heterocycles. The molecule has 5 nitrogen and oxygen atoms in total. The molecule has 1 aliphatic rings. The van der Waals surface area contributed by atoms with Crippen LogP contribution in [0.5, 0.6) is 0 Å². The number of aromatic nitrogens is 2. The summed E-state index contributed by atoms with van der Waals surface area (Å²) >= 11 is 5.58. The molecule has 150 valence electrons. The number of anilines is 1. The van der Waals surface area contributed by atoms with E-state index >= 15 is 0 Å². The Morgan fingerprint density at radius 2 is 1.69 bits per heavy atom. The minimum Gasteiger partial charge on any atom is -0.346 e. The topological polar surface area (TPSA) is 36.3 Å². The van der Waals surface area contributed by atoms with Crippen LogP contribution in [0.2, 0.25) is 0 Å². The van der Waals surface area contributed by atoms with E-state index in [0.29, 0.717) is 11.7 Å². The van der Waals surface area contributed by atoms with Gasteiger partial charge in [-0.25, -0.2) is 4.39 Å². The Labute approximate surface area is 175 Å². The first-order chi connectivity index (χ1) is 14.2. The van der Waals surface area contributed by atoms with Crippen molar-refractivity contribution in [1.29, 1.82) is 0 Å². The van der Waals surface area contributed by atoms with E-state index in [4.69, 9.17) is 12.2 Å². The predicted molar refractivity (Wildman–Crippen MR) is 117 cm³/mol. The van der Waals surface area contributed by atoms with Crippen LogP contribution in [-0.2, 0) is 13.1 Å². The van der Waals surface area contributed by atoms with Crippen LogP contribution in [0.15, 0.2) is 67.0 Å².